The fourth-order valence-electron chi connectivity index (χ4n) is 2.76. The van der Waals surface area contributed by atoms with Gasteiger partial charge in [-0.25, -0.2) is 4.39 Å². The zero-order valence-corrected chi connectivity index (χ0v) is 14.3. The molecule has 1 atom stereocenters. The van der Waals surface area contributed by atoms with Crippen LogP contribution in [-0.4, -0.2) is 33.6 Å². The Morgan fingerprint density at radius 1 is 1.08 bits per heavy atom. The molecule has 1 N–H and O–H groups in total. The Morgan fingerprint density at radius 3 is 2.44 bits per heavy atom. The summed E-state index contributed by atoms with van der Waals surface area (Å²) in [5.74, 6) is -0.850. The largest absolute Gasteiger partial charge is 0.508 e. The van der Waals surface area contributed by atoms with E-state index in [0.29, 0.717) is 18.5 Å². The van der Waals surface area contributed by atoms with Crippen molar-refractivity contribution in [2.45, 2.75) is 29.4 Å². The lowest BCUT2D eigenvalue weighted by atomic mass is 10.2. The van der Waals surface area contributed by atoms with Crippen LogP contribution in [0.2, 0.25) is 0 Å². The van der Waals surface area contributed by atoms with Gasteiger partial charge in [-0.05, 0) is 61.4 Å². The smallest absolute Gasteiger partial charge is 0.260 e. The Morgan fingerprint density at radius 2 is 1.76 bits per heavy atom. The van der Waals surface area contributed by atoms with Crippen molar-refractivity contribution in [1.82, 2.24) is 4.90 Å². The summed E-state index contributed by atoms with van der Waals surface area (Å²) in [6, 6.07) is 11.9. The number of rotatable bonds is 3. The summed E-state index contributed by atoms with van der Waals surface area (Å²) in [5, 5.41) is 9.01. The molecule has 130 valence electrons. The minimum atomic E-state index is -0.417. The highest BCUT2D eigenvalue weighted by molar-refractivity contribution is 8.00. The summed E-state index contributed by atoms with van der Waals surface area (Å²) in [6.45, 7) is 0.377. The minimum Gasteiger partial charge on any atom is -0.508 e. The van der Waals surface area contributed by atoms with Crippen LogP contribution >= 0.6 is 11.8 Å². The Hall–Kier alpha value is -2.34. The predicted molar refractivity (Wildman–Crippen MR) is 94.0 cm³/mol. The maximum absolute atomic E-state index is 13.1. The molecule has 0 saturated carbocycles. The molecule has 0 unspecified atom stereocenters. The average molecular weight is 359 g/mol. The van der Waals surface area contributed by atoms with Gasteiger partial charge in [0.25, 0.3) is 5.91 Å². The molecule has 0 bridgehead atoms. The fraction of sp³-hybridized carbons (Fsp3) is 0.263. The molecular formula is C19H18FNO3S. The number of halogens is 1. The minimum absolute atomic E-state index is 0.171. The zero-order chi connectivity index (χ0) is 17.8. The number of thioether (sulfide) groups is 1. The Bertz CT molecular complexity index is 761. The van der Waals surface area contributed by atoms with E-state index < -0.39 is 5.82 Å². The molecule has 6 heteroatoms. The van der Waals surface area contributed by atoms with Gasteiger partial charge in [0, 0.05) is 17.0 Å². The first-order valence-electron chi connectivity index (χ1n) is 8.11. The summed E-state index contributed by atoms with van der Waals surface area (Å²) in [4.78, 5) is 27.7. The van der Waals surface area contributed by atoms with Gasteiger partial charge in [0.1, 0.15) is 11.6 Å². The number of benzene rings is 2. The Kier molecular flexibility index (Phi) is 5.38. The fourth-order valence-corrected chi connectivity index (χ4v) is 3.89. The summed E-state index contributed by atoms with van der Waals surface area (Å²) in [6.07, 6.45) is 2.30. The van der Waals surface area contributed by atoms with Crippen LogP contribution in [0.1, 0.15) is 29.6 Å². The molecule has 25 heavy (non-hydrogen) atoms. The Balaban J connectivity index is 1.77. The first kappa shape index (κ1) is 17.5. The summed E-state index contributed by atoms with van der Waals surface area (Å²) in [7, 11) is 0. The molecule has 0 aromatic heterocycles. The van der Waals surface area contributed by atoms with Crippen molar-refractivity contribution in [2.24, 2.45) is 0 Å². The number of imide groups is 1. The molecule has 2 amide bonds. The molecule has 2 aromatic carbocycles. The van der Waals surface area contributed by atoms with Crippen molar-refractivity contribution in [3.63, 3.8) is 0 Å². The van der Waals surface area contributed by atoms with E-state index in [-0.39, 0.29) is 22.8 Å². The standard InChI is InChI=1S/C19H18FNO3S/c20-14-6-4-13(5-7-14)18(23)21-12-2-1-3-17(19(21)24)25-16-10-8-15(22)9-11-16/h4-11,17,22H,1-3,12H2/t17-/m1/s1. The van der Waals surface area contributed by atoms with Crippen LogP contribution in [-0.2, 0) is 4.79 Å². The van der Waals surface area contributed by atoms with Gasteiger partial charge in [-0.3, -0.25) is 14.5 Å². The lowest BCUT2D eigenvalue weighted by molar-refractivity contribution is -0.127. The lowest BCUT2D eigenvalue weighted by Crippen LogP contribution is -2.41. The Labute approximate surface area is 149 Å². The number of hydrogen-bond donors (Lipinski definition) is 1. The molecule has 1 aliphatic heterocycles. The van der Waals surface area contributed by atoms with Crippen LogP contribution < -0.4 is 0 Å². The molecule has 1 fully saturated rings. The molecular weight excluding hydrogens is 341 g/mol. The number of aromatic hydroxyl groups is 1. The SMILES string of the molecule is O=C(c1ccc(F)cc1)N1CCCC[C@@H](Sc2ccc(O)cc2)C1=O. The quantitative estimate of drug-likeness (QED) is 0.846. The second kappa shape index (κ2) is 7.70. The zero-order valence-electron chi connectivity index (χ0n) is 13.5. The topological polar surface area (TPSA) is 57.6 Å². The van der Waals surface area contributed by atoms with Crippen molar-refractivity contribution in [2.75, 3.05) is 6.54 Å². The lowest BCUT2D eigenvalue weighted by Gasteiger charge is -2.22. The number of amides is 2. The third-order valence-corrected chi connectivity index (χ3v) is 5.36. The predicted octanol–water partition coefficient (Wildman–Crippen LogP) is 3.84. The van der Waals surface area contributed by atoms with Gasteiger partial charge in [0.2, 0.25) is 5.91 Å². The number of hydrogen-bond acceptors (Lipinski definition) is 4. The first-order valence-corrected chi connectivity index (χ1v) is 8.99. The number of likely N-dealkylation sites (tertiary alicyclic amines) is 1. The molecule has 1 saturated heterocycles. The van der Waals surface area contributed by atoms with E-state index in [1.54, 1.807) is 24.3 Å². The van der Waals surface area contributed by atoms with Crippen LogP contribution in [0.25, 0.3) is 0 Å². The summed E-state index contributed by atoms with van der Waals surface area (Å²) in [5.41, 5.74) is 0.310. The maximum Gasteiger partial charge on any atom is 0.260 e. The van der Waals surface area contributed by atoms with Crippen molar-refractivity contribution in [3.05, 3.63) is 59.9 Å². The second-order valence-corrected chi connectivity index (χ2v) is 7.17. The van der Waals surface area contributed by atoms with E-state index >= 15 is 0 Å². The molecule has 0 radical (unpaired) electrons. The van der Waals surface area contributed by atoms with Crippen LogP contribution in [0.4, 0.5) is 4.39 Å². The van der Waals surface area contributed by atoms with Crippen LogP contribution in [0.3, 0.4) is 0 Å². The number of carbonyl (C=O) groups is 2. The monoisotopic (exact) mass is 359 g/mol. The summed E-state index contributed by atoms with van der Waals surface area (Å²) < 4.78 is 13.1. The van der Waals surface area contributed by atoms with Crippen LogP contribution in [0, 0.1) is 5.82 Å². The van der Waals surface area contributed by atoms with E-state index in [4.69, 9.17) is 0 Å². The second-order valence-electron chi connectivity index (χ2n) is 5.90. The third kappa shape index (κ3) is 4.20. The van der Waals surface area contributed by atoms with Gasteiger partial charge in [-0.15, -0.1) is 11.8 Å². The van der Waals surface area contributed by atoms with Gasteiger partial charge in [-0.1, -0.05) is 6.42 Å². The molecule has 1 aliphatic rings. The molecule has 0 spiro atoms. The van der Waals surface area contributed by atoms with Gasteiger partial charge >= 0.3 is 0 Å². The van der Waals surface area contributed by atoms with Gasteiger partial charge in [0.15, 0.2) is 0 Å². The van der Waals surface area contributed by atoms with Crippen molar-refractivity contribution in [3.8, 4) is 5.75 Å². The van der Waals surface area contributed by atoms with E-state index in [1.165, 1.54) is 40.9 Å². The van der Waals surface area contributed by atoms with Crippen LogP contribution in [0.15, 0.2) is 53.4 Å². The van der Waals surface area contributed by atoms with Crippen molar-refractivity contribution < 1.29 is 19.1 Å². The number of nitrogens with zero attached hydrogens (tertiary/aromatic N) is 1. The van der Waals surface area contributed by atoms with E-state index in [0.717, 1.165) is 17.7 Å². The van der Waals surface area contributed by atoms with E-state index in [9.17, 15) is 19.1 Å². The van der Waals surface area contributed by atoms with Gasteiger partial charge in [-0.2, -0.15) is 0 Å². The molecule has 0 aliphatic carbocycles. The molecule has 2 aromatic rings. The van der Waals surface area contributed by atoms with Gasteiger partial charge in [0.05, 0.1) is 5.25 Å². The first-order chi connectivity index (χ1) is 12.0. The summed E-state index contributed by atoms with van der Waals surface area (Å²) >= 11 is 1.40. The molecule has 4 nitrogen and oxygen atoms in total. The van der Waals surface area contributed by atoms with Crippen molar-refractivity contribution in [1.29, 1.82) is 0 Å². The normalized spacial score (nSPS) is 18.0. The highest BCUT2D eigenvalue weighted by Gasteiger charge is 2.32. The number of phenolic OH excluding ortho intramolecular Hbond substituents is 1. The molecule has 3 rings (SSSR count). The third-order valence-electron chi connectivity index (χ3n) is 4.09. The van der Waals surface area contributed by atoms with E-state index in [1.807, 2.05) is 0 Å². The van der Waals surface area contributed by atoms with Crippen molar-refractivity contribution >= 4 is 23.6 Å². The highest BCUT2D eigenvalue weighted by atomic mass is 32.2. The van der Waals surface area contributed by atoms with E-state index in [2.05, 4.69) is 0 Å². The maximum atomic E-state index is 13.1. The average Bonchev–Trinajstić information content (AvgIpc) is 2.79. The molecule has 1 heterocycles. The number of phenols is 1. The van der Waals surface area contributed by atoms with Crippen LogP contribution in [0.5, 0.6) is 5.75 Å². The highest BCUT2D eigenvalue weighted by Crippen LogP contribution is 2.31. The van der Waals surface area contributed by atoms with Gasteiger partial charge < -0.3 is 5.11 Å². The number of carbonyl (C=O) groups excluding carboxylic acids is 2.